The molecule has 106 valence electrons. The van der Waals surface area contributed by atoms with Gasteiger partial charge in [0, 0.05) is 5.02 Å². The second kappa shape index (κ2) is 6.82. The third-order valence-corrected chi connectivity index (χ3v) is 4.36. The maximum absolute atomic E-state index is 6.12. The van der Waals surface area contributed by atoms with Crippen LogP contribution >= 0.6 is 34.8 Å². The first-order chi connectivity index (χ1) is 9.52. The Labute approximate surface area is 134 Å². The smallest absolute Gasteiger partial charge is 0.0595 e. The maximum atomic E-state index is 6.12. The fraction of sp³-hybridized carbons (Fsp3) is 0.250. The topological polar surface area (TPSA) is 12.0 Å². The van der Waals surface area contributed by atoms with Crippen LogP contribution in [-0.4, -0.2) is 6.54 Å². The van der Waals surface area contributed by atoms with E-state index < -0.39 is 0 Å². The van der Waals surface area contributed by atoms with Crippen molar-refractivity contribution in [3.05, 3.63) is 68.2 Å². The zero-order chi connectivity index (χ0) is 14.7. The first-order valence-electron chi connectivity index (χ1n) is 6.47. The Hall–Kier alpha value is -0.730. The van der Waals surface area contributed by atoms with Crippen molar-refractivity contribution in [2.45, 2.75) is 19.9 Å². The van der Waals surface area contributed by atoms with Gasteiger partial charge in [0.05, 0.1) is 16.1 Å². The Morgan fingerprint density at radius 1 is 0.900 bits per heavy atom. The molecule has 0 saturated carbocycles. The largest absolute Gasteiger partial charge is 0.307 e. The summed E-state index contributed by atoms with van der Waals surface area (Å²) in [4.78, 5) is 0. The minimum Gasteiger partial charge on any atom is -0.307 e. The first-order valence-corrected chi connectivity index (χ1v) is 7.60. The lowest BCUT2D eigenvalue weighted by atomic mass is 9.97. The van der Waals surface area contributed by atoms with Gasteiger partial charge in [0.2, 0.25) is 0 Å². The van der Waals surface area contributed by atoms with Gasteiger partial charge >= 0.3 is 0 Å². The van der Waals surface area contributed by atoms with E-state index in [2.05, 4.69) is 18.3 Å². The van der Waals surface area contributed by atoms with Crippen LogP contribution in [0.25, 0.3) is 0 Å². The highest BCUT2D eigenvalue weighted by molar-refractivity contribution is 6.42. The summed E-state index contributed by atoms with van der Waals surface area (Å²) in [6.07, 6.45) is 0. The van der Waals surface area contributed by atoms with Gasteiger partial charge in [0.1, 0.15) is 0 Å². The van der Waals surface area contributed by atoms with Gasteiger partial charge in [-0.25, -0.2) is 0 Å². The molecule has 0 aliphatic rings. The van der Waals surface area contributed by atoms with Gasteiger partial charge in [-0.2, -0.15) is 0 Å². The highest BCUT2D eigenvalue weighted by Crippen LogP contribution is 2.30. The molecular weight excluding hydrogens is 313 g/mol. The predicted octanol–water partition coefficient (Wildman–Crippen LogP) is 5.65. The highest BCUT2D eigenvalue weighted by Gasteiger charge is 2.15. The van der Waals surface area contributed by atoms with Crippen molar-refractivity contribution in [1.82, 2.24) is 5.32 Å². The van der Waals surface area contributed by atoms with E-state index in [9.17, 15) is 0 Å². The summed E-state index contributed by atoms with van der Waals surface area (Å²) >= 11 is 18.2. The van der Waals surface area contributed by atoms with Gasteiger partial charge in [-0.3, -0.25) is 0 Å². The molecule has 0 bridgehead atoms. The van der Waals surface area contributed by atoms with Crippen molar-refractivity contribution in [1.29, 1.82) is 0 Å². The number of hydrogen-bond acceptors (Lipinski definition) is 1. The molecule has 0 heterocycles. The summed E-state index contributed by atoms with van der Waals surface area (Å²) in [7, 11) is 0. The SMILES string of the molecule is CCNC(c1ccc(Cl)c(C)c1)c1ccc(Cl)c(Cl)c1. The zero-order valence-electron chi connectivity index (χ0n) is 11.4. The molecule has 1 atom stereocenters. The molecular formula is C16H16Cl3N. The summed E-state index contributed by atoms with van der Waals surface area (Å²) in [5, 5.41) is 5.37. The summed E-state index contributed by atoms with van der Waals surface area (Å²) < 4.78 is 0. The van der Waals surface area contributed by atoms with E-state index in [1.165, 1.54) is 0 Å². The molecule has 1 unspecified atom stereocenters. The number of rotatable bonds is 4. The van der Waals surface area contributed by atoms with Crippen molar-refractivity contribution in [3.63, 3.8) is 0 Å². The van der Waals surface area contributed by atoms with Crippen LogP contribution in [0, 0.1) is 6.92 Å². The van der Waals surface area contributed by atoms with Crippen molar-refractivity contribution in [2.24, 2.45) is 0 Å². The van der Waals surface area contributed by atoms with Crippen LogP contribution in [0.15, 0.2) is 36.4 Å². The lowest BCUT2D eigenvalue weighted by molar-refractivity contribution is 0.630. The fourth-order valence-corrected chi connectivity index (χ4v) is 2.60. The monoisotopic (exact) mass is 327 g/mol. The van der Waals surface area contributed by atoms with Gasteiger partial charge in [0.25, 0.3) is 0 Å². The molecule has 0 fully saturated rings. The maximum Gasteiger partial charge on any atom is 0.0595 e. The van der Waals surface area contributed by atoms with Crippen molar-refractivity contribution >= 4 is 34.8 Å². The van der Waals surface area contributed by atoms with Gasteiger partial charge in [0.15, 0.2) is 0 Å². The van der Waals surface area contributed by atoms with Crippen LogP contribution in [0.4, 0.5) is 0 Å². The average molecular weight is 329 g/mol. The van der Waals surface area contributed by atoms with Gasteiger partial charge in [-0.05, 0) is 48.4 Å². The van der Waals surface area contributed by atoms with E-state index >= 15 is 0 Å². The molecule has 0 amide bonds. The standard InChI is InChI=1S/C16H16Cl3N/c1-3-20-16(11-4-6-13(17)10(2)8-11)12-5-7-14(18)15(19)9-12/h4-9,16,20H,3H2,1-2H3. The predicted molar refractivity (Wildman–Crippen MR) is 88.2 cm³/mol. The molecule has 20 heavy (non-hydrogen) atoms. The van der Waals surface area contributed by atoms with Crippen LogP contribution in [0.1, 0.15) is 29.7 Å². The number of hydrogen-bond donors (Lipinski definition) is 1. The molecule has 0 radical (unpaired) electrons. The molecule has 0 saturated heterocycles. The van der Waals surface area contributed by atoms with Gasteiger partial charge in [-0.15, -0.1) is 0 Å². The van der Waals surface area contributed by atoms with E-state index in [0.717, 1.165) is 28.3 Å². The molecule has 2 aromatic carbocycles. The molecule has 4 heteroatoms. The minimum atomic E-state index is 0.0748. The molecule has 0 spiro atoms. The Bertz CT molecular complexity index is 559. The van der Waals surface area contributed by atoms with Crippen LogP contribution in [0.5, 0.6) is 0 Å². The Kier molecular flexibility index (Phi) is 5.34. The number of benzene rings is 2. The number of halogens is 3. The zero-order valence-corrected chi connectivity index (χ0v) is 13.7. The van der Waals surface area contributed by atoms with E-state index in [-0.39, 0.29) is 6.04 Å². The summed E-state index contributed by atoms with van der Waals surface area (Å²) in [6.45, 7) is 4.93. The second-order valence-corrected chi connectivity index (χ2v) is 5.89. The van der Waals surface area contributed by atoms with E-state index in [0.29, 0.717) is 10.0 Å². The third kappa shape index (κ3) is 3.48. The normalized spacial score (nSPS) is 12.4. The van der Waals surface area contributed by atoms with Crippen molar-refractivity contribution < 1.29 is 0 Å². The summed E-state index contributed by atoms with van der Waals surface area (Å²) in [5.41, 5.74) is 3.31. The average Bonchev–Trinajstić information content (AvgIpc) is 2.43. The Balaban J connectivity index is 2.44. The van der Waals surface area contributed by atoms with Crippen LogP contribution in [0.2, 0.25) is 15.1 Å². The van der Waals surface area contributed by atoms with Crippen molar-refractivity contribution in [3.8, 4) is 0 Å². The second-order valence-electron chi connectivity index (χ2n) is 4.67. The van der Waals surface area contributed by atoms with E-state index in [1.807, 2.05) is 37.3 Å². The molecule has 2 aromatic rings. The minimum absolute atomic E-state index is 0.0748. The molecule has 2 rings (SSSR count). The molecule has 1 nitrogen and oxygen atoms in total. The Morgan fingerprint density at radius 3 is 2.05 bits per heavy atom. The highest BCUT2D eigenvalue weighted by atomic mass is 35.5. The molecule has 0 aliphatic carbocycles. The van der Waals surface area contributed by atoms with Crippen LogP contribution in [0.3, 0.4) is 0 Å². The van der Waals surface area contributed by atoms with E-state index in [1.54, 1.807) is 0 Å². The Morgan fingerprint density at radius 2 is 1.50 bits per heavy atom. The third-order valence-electron chi connectivity index (χ3n) is 3.20. The summed E-state index contributed by atoms with van der Waals surface area (Å²) in [5.74, 6) is 0. The summed E-state index contributed by atoms with van der Waals surface area (Å²) in [6, 6.07) is 11.8. The molecule has 0 aliphatic heterocycles. The van der Waals surface area contributed by atoms with Gasteiger partial charge < -0.3 is 5.32 Å². The molecule has 1 N–H and O–H groups in total. The quantitative estimate of drug-likeness (QED) is 0.764. The lowest BCUT2D eigenvalue weighted by Crippen LogP contribution is -2.22. The number of nitrogens with one attached hydrogen (secondary N) is 1. The lowest BCUT2D eigenvalue weighted by Gasteiger charge is -2.20. The van der Waals surface area contributed by atoms with Crippen LogP contribution < -0.4 is 5.32 Å². The van der Waals surface area contributed by atoms with Crippen molar-refractivity contribution in [2.75, 3.05) is 6.54 Å². The van der Waals surface area contributed by atoms with E-state index in [4.69, 9.17) is 34.8 Å². The number of aryl methyl sites for hydroxylation is 1. The first kappa shape index (κ1) is 15.7. The molecule has 0 aromatic heterocycles. The fourth-order valence-electron chi connectivity index (χ4n) is 2.17. The van der Waals surface area contributed by atoms with Crippen LogP contribution in [-0.2, 0) is 0 Å². The van der Waals surface area contributed by atoms with Gasteiger partial charge in [-0.1, -0.05) is 59.9 Å².